The van der Waals surface area contributed by atoms with E-state index in [0.717, 1.165) is 5.56 Å². The molecule has 1 unspecified atom stereocenters. The maximum Gasteiger partial charge on any atom is 0.311 e. The van der Waals surface area contributed by atoms with Gasteiger partial charge >= 0.3 is 5.69 Å². The summed E-state index contributed by atoms with van der Waals surface area (Å²) in [5, 5.41) is 18.6. The van der Waals surface area contributed by atoms with Crippen molar-refractivity contribution in [3.8, 4) is 5.75 Å². The SMILES string of the molecule is CC(C)C(NC(=O)c1ccc(Cl)cc1)C(=O)NN=Cc1ccc(OCc2ccccc2)c([N+](=O)[O-])c1. The van der Waals surface area contributed by atoms with Gasteiger partial charge < -0.3 is 10.1 Å². The molecule has 36 heavy (non-hydrogen) atoms. The number of nitrogens with one attached hydrogen (secondary N) is 2. The summed E-state index contributed by atoms with van der Waals surface area (Å²) in [6.07, 6.45) is 1.28. The van der Waals surface area contributed by atoms with Crippen molar-refractivity contribution in [2.45, 2.75) is 26.5 Å². The molecule has 9 nitrogen and oxygen atoms in total. The van der Waals surface area contributed by atoms with Crippen molar-refractivity contribution < 1.29 is 19.2 Å². The Morgan fingerprint density at radius 2 is 1.78 bits per heavy atom. The molecule has 0 radical (unpaired) electrons. The Morgan fingerprint density at radius 3 is 2.42 bits per heavy atom. The van der Waals surface area contributed by atoms with Gasteiger partial charge in [-0.05, 0) is 47.9 Å². The van der Waals surface area contributed by atoms with Crippen LogP contribution in [0, 0.1) is 16.0 Å². The van der Waals surface area contributed by atoms with Gasteiger partial charge in [0.25, 0.3) is 11.8 Å². The number of carbonyl (C=O) groups is 2. The molecule has 10 heteroatoms. The Bertz CT molecular complexity index is 1250. The minimum atomic E-state index is -0.853. The van der Waals surface area contributed by atoms with Gasteiger partial charge in [-0.25, -0.2) is 5.43 Å². The van der Waals surface area contributed by atoms with Gasteiger partial charge in [-0.1, -0.05) is 55.8 Å². The van der Waals surface area contributed by atoms with Crippen LogP contribution in [0.15, 0.2) is 77.9 Å². The summed E-state index contributed by atoms with van der Waals surface area (Å²) in [6.45, 7) is 3.75. The number of nitro groups is 1. The molecule has 0 saturated carbocycles. The fourth-order valence-electron chi connectivity index (χ4n) is 3.22. The summed E-state index contributed by atoms with van der Waals surface area (Å²) in [5.74, 6) is -1.06. The molecular formula is C26H25ClN4O5. The smallest absolute Gasteiger partial charge is 0.311 e. The lowest BCUT2D eigenvalue weighted by molar-refractivity contribution is -0.385. The van der Waals surface area contributed by atoms with E-state index in [-0.39, 0.29) is 24.0 Å². The Balaban J connectivity index is 1.64. The fourth-order valence-corrected chi connectivity index (χ4v) is 3.34. The highest BCUT2D eigenvalue weighted by atomic mass is 35.5. The van der Waals surface area contributed by atoms with Gasteiger partial charge in [0.15, 0.2) is 5.75 Å². The third-order valence-electron chi connectivity index (χ3n) is 5.15. The fraction of sp³-hybridized carbons (Fsp3) is 0.192. The summed E-state index contributed by atoms with van der Waals surface area (Å²) in [4.78, 5) is 36.1. The van der Waals surface area contributed by atoms with Crippen molar-refractivity contribution in [2.24, 2.45) is 11.0 Å². The van der Waals surface area contributed by atoms with E-state index in [1.54, 1.807) is 44.2 Å². The number of benzene rings is 3. The first-order valence-corrected chi connectivity index (χ1v) is 11.5. The van der Waals surface area contributed by atoms with Crippen molar-refractivity contribution >= 4 is 35.3 Å². The van der Waals surface area contributed by atoms with Crippen LogP contribution in [0.4, 0.5) is 5.69 Å². The van der Waals surface area contributed by atoms with Gasteiger partial charge in [0, 0.05) is 22.2 Å². The number of carbonyl (C=O) groups excluding carboxylic acids is 2. The quantitative estimate of drug-likeness (QED) is 0.233. The summed E-state index contributed by atoms with van der Waals surface area (Å²) in [5.41, 5.74) is 3.79. The van der Waals surface area contributed by atoms with Crippen molar-refractivity contribution in [3.05, 3.63) is 105 Å². The first-order valence-electron chi connectivity index (χ1n) is 11.1. The zero-order valence-corrected chi connectivity index (χ0v) is 20.4. The number of hydrogen-bond donors (Lipinski definition) is 2. The molecule has 0 heterocycles. The standard InChI is InChI=1S/C26H25ClN4O5/c1-17(2)24(29-25(32)20-9-11-21(27)12-10-20)26(33)30-28-15-19-8-13-23(22(14-19)31(34)35)36-16-18-6-4-3-5-7-18/h3-15,17,24H,16H2,1-2H3,(H,29,32)(H,30,33). The zero-order chi connectivity index (χ0) is 26.1. The van der Waals surface area contributed by atoms with Gasteiger partial charge in [0.05, 0.1) is 11.1 Å². The molecule has 1 atom stereocenters. The number of nitrogens with zero attached hydrogens (tertiary/aromatic N) is 2. The average Bonchev–Trinajstić information content (AvgIpc) is 2.87. The summed E-state index contributed by atoms with van der Waals surface area (Å²) >= 11 is 5.85. The van der Waals surface area contributed by atoms with E-state index in [0.29, 0.717) is 16.1 Å². The van der Waals surface area contributed by atoms with Crippen LogP contribution in [0.25, 0.3) is 0 Å². The molecule has 0 spiro atoms. The second-order valence-electron chi connectivity index (χ2n) is 8.19. The van der Waals surface area contributed by atoms with Crippen LogP contribution in [-0.2, 0) is 11.4 Å². The van der Waals surface area contributed by atoms with E-state index in [4.69, 9.17) is 16.3 Å². The minimum Gasteiger partial charge on any atom is -0.482 e. The minimum absolute atomic E-state index is 0.120. The van der Waals surface area contributed by atoms with E-state index in [1.165, 1.54) is 18.3 Å². The molecule has 0 aliphatic rings. The number of hydrazone groups is 1. The molecule has 0 aliphatic carbocycles. The highest BCUT2D eigenvalue weighted by Crippen LogP contribution is 2.28. The Morgan fingerprint density at radius 1 is 1.08 bits per heavy atom. The van der Waals surface area contributed by atoms with E-state index in [2.05, 4.69) is 15.8 Å². The third-order valence-corrected chi connectivity index (χ3v) is 5.40. The van der Waals surface area contributed by atoms with Gasteiger partial charge in [-0.15, -0.1) is 0 Å². The van der Waals surface area contributed by atoms with Gasteiger partial charge in [0.2, 0.25) is 0 Å². The van der Waals surface area contributed by atoms with Crippen molar-refractivity contribution in [3.63, 3.8) is 0 Å². The normalized spacial score (nSPS) is 11.8. The van der Waals surface area contributed by atoms with E-state index in [1.807, 2.05) is 30.3 Å². The number of nitro benzene ring substituents is 1. The number of hydrogen-bond acceptors (Lipinski definition) is 6. The molecule has 0 aromatic heterocycles. The van der Waals surface area contributed by atoms with Crippen LogP contribution in [0.3, 0.4) is 0 Å². The molecule has 2 N–H and O–H groups in total. The third kappa shape index (κ3) is 7.38. The highest BCUT2D eigenvalue weighted by Gasteiger charge is 2.24. The lowest BCUT2D eigenvalue weighted by atomic mass is 10.0. The van der Waals surface area contributed by atoms with Crippen LogP contribution in [0.1, 0.15) is 35.3 Å². The first kappa shape index (κ1) is 26.4. The van der Waals surface area contributed by atoms with Gasteiger partial charge in [0.1, 0.15) is 12.6 Å². The molecular weight excluding hydrogens is 484 g/mol. The molecule has 0 aliphatic heterocycles. The Kier molecular flexibility index (Phi) is 9.13. The molecule has 0 bridgehead atoms. The molecule has 3 rings (SSSR count). The number of ether oxygens (including phenoxy) is 1. The van der Waals surface area contributed by atoms with E-state index < -0.39 is 22.8 Å². The topological polar surface area (TPSA) is 123 Å². The first-order chi connectivity index (χ1) is 17.2. The molecule has 3 aromatic carbocycles. The van der Waals surface area contributed by atoms with Gasteiger partial charge in [-0.2, -0.15) is 5.10 Å². The van der Waals surface area contributed by atoms with Crippen LogP contribution >= 0.6 is 11.6 Å². The number of rotatable bonds is 10. The maximum atomic E-state index is 12.7. The summed E-state index contributed by atoms with van der Waals surface area (Å²) in [6, 6.07) is 19.1. The van der Waals surface area contributed by atoms with Crippen LogP contribution < -0.4 is 15.5 Å². The number of halogens is 1. The lowest BCUT2D eigenvalue weighted by Gasteiger charge is -2.20. The largest absolute Gasteiger partial charge is 0.482 e. The molecule has 0 fully saturated rings. The van der Waals surface area contributed by atoms with Gasteiger partial charge in [-0.3, -0.25) is 19.7 Å². The maximum absolute atomic E-state index is 12.7. The van der Waals surface area contributed by atoms with Crippen LogP contribution in [0.5, 0.6) is 5.75 Å². The number of amides is 2. The monoisotopic (exact) mass is 508 g/mol. The second-order valence-corrected chi connectivity index (χ2v) is 8.63. The highest BCUT2D eigenvalue weighted by molar-refractivity contribution is 6.30. The molecule has 2 amide bonds. The Hall–Kier alpha value is -4.24. The zero-order valence-electron chi connectivity index (χ0n) is 19.7. The molecule has 186 valence electrons. The molecule has 0 saturated heterocycles. The summed E-state index contributed by atoms with van der Waals surface area (Å²) in [7, 11) is 0. The average molecular weight is 509 g/mol. The van der Waals surface area contributed by atoms with Crippen molar-refractivity contribution in [1.82, 2.24) is 10.7 Å². The van der Waals surface area contributed by atoms with Crippen LogP contribution in [0.2, 0.25) is 5.02 Å². The predicted octanol–water partition coefficient (Wildman–Crippen LogP) is 4.73. The van der Waals surface area contributed by atoms with E-state index >= 15 is 0 Å². The second kappa shape index (κ2) is 12.5. The van der Waals surface area contributed by atoms with Crippen molar-refractivity contribution in [2.75, 3.05) is 0 Å². The Labute approximate surface area is 213 Å². The molecule has 3 aromatic rings. The van der Waals surface area contributed by atoms with Crippen molar-refractivity contribution in [1.29, 1.82) is 0 Å². The summed E-state index contributed by atoms with van der Waals surface area (Å²) < 4.78 is 5.62. The lowest BCUT2D eigenvalue weighted by Crippen LogP contribution is -2.48. The predicted molar refractivity (Wildman–Crippen MR) is 137 cm³/mol. The van der Waals surface area contributed by atoms with Crippen LogP contribution in [-0.4, -0.2) is 29.0 Å². The van der Waals surface area contributed by atoms with E-state index in [9.17, 15) is 19.7 Å².